The van der Waals surface area contributed by atoms with Gasteiger partial charge in [-0.1, -0.05) is 6.92 Å². The lowest BCUT2D eigenvalue weighted by molar-refractivity contribution is 0.100. The molecule has 4 aromatic rings. The van der Waals surface area contributed by atoms with Crippen molar-refractivity contribution in [3.8, 4) is 11.3 Å². The standard InChI is InChI=1S/C27H32N6O/c1-4-23-25-13-20(16-32(25)15-19(3)28-23)24-14-26(34)33-17-22(12-18(2)27(33)29-24)31-10-6-21(7-11-31)30-8-5-9-30/h12-17,21H,4-11H2,1-3H3. The highest BCUT2D eigenvalue weighted by Gasteiger charge is 2.28. The van der Waals surface area contributed by atoms with Crippen LogP contribution in [0.3, 0.4) is 0 Å². The van der Waals surface area contributed by atoms with Crippen molar-refractivity contribution in [1.29, 1.82) is 0 Å². The van der Waals surface area contributed by atoms with Crippen LogP contribution in [0.25, 0.3) is 22.4 Å². The molecular weight excluding hydrogens is 424 g/mol. The van der Waals surface area contributed by atoms with Crippen LogP contribution in [-0.4, -0.2) is 55.9 Å². The fraction of sp³-hybridized carbons (Fsp3) is 0.444. The number of anilines is 1. The number of piperidine rings is 1. The van der Waals surface area contributed by atoms with E-state index in [1.807, 2.05) is 25.5 Å². The lowest BCUT2D eigenvalue weighted by Crippen LogP contribution is -2.50. The third-order valence-corrected chi connectivity index (χ3v) is 7.58. The predicted molar refractivity (Wildman–Crippen MR) is 136 cm³/mol. The minimum atomic E-state index is -0.0410. The third-order valence-electron chi connectivity index (χ3n) is 7.58. The molecule has 7 nitrogen and oxygen atoms in total. The molecule has 0 unspecified atom stereocenters. The van der Waals surface area contributed by atoms with Crippen molar-refractivity contribution >= 4 is 16.9 Å². The summed E-state index contributed by atoms with van der Waals surface area (Å²) in [4.78, 5) is 27.9. The Morgan fingerprint density at radius 1 is 0.971 bits per heavy atom. The topological polar surface area (TPSA) is 58.2 Å². The number of hydrogen-bond acceptors (Lipinski definition) is 5. The van der Waals surface area contributed by atoms with Crippen LogP contribution in [0.1, 0.15) is 43.1 Å². The van der Waals surface area contributed by atoms with Gasteiger partial charge in [0, 0.05) is 49.4 Å². The van der Waals surface area contributed by atoms with Gasteiger partial charge in [0.2, 0.25) is 0 Å². The summed E-state index contributed by atoms with van der Waals surface area (Å²) in [6, 6.07) is 6.67. The van der Waals surface area contributed by atoms with Crippen LogP contribution in [0.2, 0.25) is 0 Å². The summed E-state index contributed by atoms with van der Waals surface area (Å²) in [5.41, 5.74) is 7.58. The maximum absolute atomic E-state index is 13.2. The van der Waals surface area contributed by atoms with E-state index in [9.17, 15) is 4.79 Å². The van der Waals surface area contributed by atoms with Gasteiger partial charge in [-0.25, -0.2) is 4.98 Å². The maximum atomic E-state index is 13.2. The first-order chi connectivity index (χ1) is 16.5. The van der Waals surface area contributed by atoms with Crippen molar-refractivity contribution in [2.45, 2.75) is 52.5 Å². The monoisotopic (exact) mass is 456 g/mol. The summed E-state index contributed by atoms with van der Waals surface area (Å²) in [5, 5.41) is 0. The zero-order chi connectivity index (χ0) is 23.4. The molecule has 0 atom stereocenters. The Balaban J connectivity index is 1.34. The summed E-state index contributed by atoms with van der Waals surface area (Å²) in [6.07, 6.45) is 10.6. The first-order valence-corrected chi connectivity index (χ1v) is 12.5. The number of fused-ring (bicyclic) bond motifs is 2. The largest absolute Gasteiger partial charge is 0.370 e. The van der Waals surface area contributed by atoms with E-state index in [0.29, 0.717) is 5.69 Å². The normalized spacial score (nSPS) is 17.6. The highest BCUT2D eigenvalue weighted by Crippen LogP contribution is 2.28. The molecule has 0 saturated carbocycles. The minimum absolute atomic E-state index is 0.0410. The fourth-order valence-electron chi connectivity index (χ4n) is 5.58. The molecule has 4 aromatic heterocycles. The predicted octanol–water partition coefficient (Wildman–Crippen LogP) is 3.86. The average molecular weight is 457 g/mol. The second kappa shape index (κ2) is 8.24. The Kier molecular flexibility index (Phi) is 5.17. The second-order valence-electron chi connectivity index (χ2n) is 9.87. The van der Waals surface area contributed by atoms with E-state index in [4.69, 9.17) is 4.98 Å². The number of aryl methyl sites for hydroxylation is 3. The van der Waals surface area contributed by atoms with Crippen LogP contribution in [0, 0.1) is 13.8 Å². The van der Waals surface area contributed by atoms with Gasteiger partial charge in [0.05, 0.1) is 28.3 Å². The molecular formula is C27H32N6O. The summed E-state index contributed by atoms with van der Waals surface area (Å²) in [6.45, 7) is 10.8. The van der Waals surface area contributed by atoms with Gasteiger partial charge in [-0.15, -0.1) is 0 Å². The molecule has 0 radical (unpaired) electrons. The van der Waals surface area contributed by atoms with Crippen LogP contribution < -0.4 is 10.5 Å². The van der Waals surface area contributed by atoms with E-state index in [0.717, 1.165) is 64.9 Å². The molecule has 2 aliphatic heterocycles. The summed E-state index contributed by atoms with van der Waals surface area (Å²) < 4.78 is 3.81. The summed E-state index contributed by atoms with van der Waals surface area (Å²) in [7, 11) is 0. The van der Waals surface area contributed by atoms with Gasteiger partial charge in [-0.2, -0.15) is 0 Å². The van der Waals surface area contributed by atoms with E-state index in [1.54, 1.807) is 10.5 Å². The Bertz CT molecular complexity index is 1440. The van der Waals surface area contributed by atoms with Gasteiger partial charge in [0.25, 0.3) is 5.56 Å². The average Bonchev–Trinajstić information content (AvgIpc) is 3.22. The van der Waals surface area contributed by atoms with Gasteiger partial charge in [0.15, 0.2) is 0 Å². The number of hydrogen-bond donors (Lipinski definition) is 0. The Hall–Kier alpha value is -3.19. The van der Waals surface area contributed by atoms with E-state index in [2.05, 4.69) is 45.2 Å². The van der Waals surface area contributed by atoms with Crippen LogP contribution >= 0.6 is 0 Å². The number of aromatic nitrogens is 4. The fourth-order valence-corrected chi connectivity index (χ4v) is 5.58. The molecule has 2 saturated heterocycles. The van der Waals surface area contributed by atoms with Crippen LogP contribution in [0.5, 0.6) is 0 Å². The van der Waals surface area contributed by atoms with Crippen molar-refractivity contribution in [1.82, 2.24) is 23.7 Å². The van der Waals surface area contributed by atoms with Gasteiger partial charge in [0.1, 0.15) is 5.65 Å². The zero-order valence-electron chi connectivity index (χ0n) is 20.3. The van der Waals surface area contributed by atoms with E-state index in [-0.39, 0.29) is 5.56 Å². The number of nitrogens with zero attached hydrogens (tertiary/aromatic N) is 6. The molecule has 0 N–H and O–H groups in total. The van der Waals surface area contributed by atoms with E-state index < -0.39 is 0 Å². The number of likely N-dealkylation sites (tertiary alicyclic amines) is 1. The van der Waals surface area contributed by atoms with Gasteiger partial charge >= 0.3 is 0 Å². The molecule has 0 bridgehead atoms. The Labute approximate surface area is 199 Å². The molecule has 2 fully saturated rings. The molecule has 7 heteroatoms. The SMILES string of the molecule is CCc1nc(C)cn2cc(-c3cc(=O)n4cc(N5CCC(N6CCC6)CC5)cc(C)c4n3)cc12. The first-order valence-electron chi connectivity index (χ1n) is 12.5. The Morgan fingerprint density at radius 3 is 2.47 bits per heavy atom. The van der Waals surface area contributed by atoms with Crippen LogP contribution in [0.15, 0.2) is 41.6 Å². The van der Waals surface area contributed by atoms with Crippen molar-refractivity contribution in [3.63, 3.8) is 0 Å². The van der Waals surface area contributed by atoms with Gasteiger partial charge < -0.3 is 14.2 Å². The molecule has 0 aromatic carbocycles. The lowest BCUT2D eigenvalue weighted by Gasteiger charge is -2.43. The highest BCUT2D eigenvalue weighted by atomic mass is 16.1. The molecule has 34 heavy (non-hydrogen) atoms. The van der Waals surface area contributed by atoms with Crippen molar-refractivity contribution < 1.29 is 0 Å². The smallest absolute Gasteiger partial charge is 0.258 e. The van der Waals surface area contributed by atoms with Crippen molar-refractivity contribution in [3.05, 3.63) is 64.1 Å². The molecule has 0 aliphatic carbocycles. The number of pyridine rings is 1. The quantitative estimate of drug-likeness (QED) is 0.467. The summed E-state index contributed by atoms with van der Waals surface area (Å²) >= 11 is 0. The zero-order valence-corrected chi connectivity index (χ0v) is 20.3. The van der Waals surface area contributed by atoms with Crippen LogP contribution in [-0.2, 0) is 6.42 Å². The molecule has 6 rings (SSSR count). The molecule has 6 heterocycles. The second-order valence-corrected chi connectivity index (χ2v) is 9.87. The van der Waals surface area contributed by atoms with Gasteiger partial charge in [-0.05, 0) is 70.3 Å². The molecule has 2 aliphatic rings. The lowest BCUT2D eigenvalue weighted by atomic mass is 9.99. The van der Waals surface area contributed by atoms with Crippen molar-refractivity contribution in [2.75, 3.05) is 31.1 Å². The Morgan fingerprint density at radius 2 is 1.76 bits per heavy atom. The maximum Gasteiger partial charge on any atom is 0.258 e. The molecule has 0 spiro atoms. The highest BCUT2D eigenvalue weighted by molar-refractivity contribution is 5.71. The first kappa shape index (κ1) is 21.4. The minimum Gasteiger partial charge on any atom is -0.370 e. The van der Waals surface area contributed by atoms with E-state index in [1.165, 1.54) is 32.4 Å². The number of rotatable bonds is 4. The molecule has 176 valence electrons. The summed E-state index contributed by atoms with van der Waals surface area (Å²) in [5.74, 6) is 0. The van der Waals surface area contributed by atoms with E-state index >= 15 is 0 Å². The third kappa shape index (κ3) is 3.59. The van der Waals surface area contributed by atoms with Gasteiger partial charge in [-0.3, -0.25) is 14.2 Å². The van der Waals surface area contributed by atoms with Crippen LogP contribution in [0.4, 0.5) is 5.69 Å². The molecule has 0 amide bonds. The van der Waals surface area contributed by atoms with Crippen molar-refractivity contribution in [2.24, 2.45) is 0 Å².